The molecule has 4 N–H and O–H groups in total. The summed E-state index contributed by atoms with van der Waals surface area (Å²) in [6.45, 7) is 5.33. The van der Waals surface area contributed by atoms with Crippen LogP contribution in [0.2, 0.25) is 0 Å². The molecule has 0 aliphatic heterocycles. The fraction of sp³-hybridized carbons (Fsp3) is 0.481. The third-order valence-corrected chi connectivity index (χ3v) is 6.05. The zero-order chi connectivity index (χ0) is 23.6. The van der Waals surface area contributed by atoms with Crippen LogP contribution in [0.3, 0.4) is 0 Å². The lowest BCUT2D eigenvalue weighted by Gasteiger charge is -2.22. The van der Waals surface area contributed by atoms with Crippen molar-refractivity contribution in [2.24, 2.45) is 17.6 Å². The number of nitrogens with one attached hydrogen (secondary N) is 2. The van der Waals surface area contributed by atoms with Gasteiger partial charge in [-0.05, 0) is 54.4 Å². The van der Waals surface area contributed by atoms with Crippen LogP contribution < -0.4 is 21.1 Å². The smallest absolute Gasteiger partial charge is 0.237 e. The van der Waals surface area contributed by atoms with Crippen molar-refractivity contribution in [3.63, 3.8) is 0 Å². The Hall–Kier alpha value is -2.86. The molecule has 3 rings (SSSR count). The maximum absolute atomic E-state index is 12.7. The standard InChI is InChI=1S/C27H37N3O3/c1-3-7-19(2)18-33-23-14-12-21(13-15-23)24(17-29-27(32)26(28)22-10-11-22)30-25(31)16-20-8-5-4-6-9-20/h4-6,8-9,12-15,19,22,24,26H,3,7,10-11,16-18,28H2,1-2H3,(H,29,32)(H,30,31). The first-order chi connectivity index (χ1) is 16.0. The van der Waals surface area contributed by atoms with Crippen molar-refractivity contribution in [2.45, 2.75) is 58.0 Å². The van der Waals surface area contributed by atoms with Gasteiger partial charge in [-0.3, -0.25) is 9.59 Å². The monoisotopic (exact) mass is 451 g/mol. The summed E-state index contributed by atoms with van der Waals surface area (Å²) >= 11 is 0. The van der Waals surface area contributed by atoms with Crippen LogP contribution in [-0.2, 0) is 16.0 Å². The molecule has 2 aromatic carbocycles. The molecule has 0 bridgehead atoms. The summed E-state index contributed by atoms with van der Waals surface area (Å²) in [4.78, 5) is 25.2. The molecule has 2 aromatic rings. The average Bonchev–Trinajstić information content (AvgIpc) is 3.66. The number of nitrogens with two attached hydrogens (primary N) is 1. The summed E-state index contributed by atoms with van der Waals surface area (Å²) in [5.41, 5.74) is 7.89. The second-order valence-corrected chi connectivity index (χ2v) is 9.16. The van der Waals surface area contributed by atoms with E-state index >= 15 is 0 Å². The molecular weight excluding hydrogens is 414 g/mol. The Labute approximate surface area is 197 Å². The van der Waals surface area contributed by atoms with Gasteiger partial charge < -0.3 is 21.1 Å². The second kappa shape index (κ2) is 12.4. The highest BCUT2D eigenvalue weighted by atomic mass is 16.5. The molecule has 2 amide bonds. The van der Waals surface area contributed by atoms with E-state index in [0.29, 0.717) is 12.5 Å². The lowest BCUT2D eigenvalue weighted by molar-refractivity contribution is -0.124. The summed E-state index contributed by atoms with van der Waals surface area (Å²) in [6, 6.07) is 16.5. The summed E-state index contributed by atoms with van der Waals surface area (Å²) in [7, 11) is 0. The van der Waals surface area contributed by atoms with Gasteiger partial charge in [0, 0.05) is 6.54 Å². The van der Waals surface area contributed by atoms with Crippen LogP contribution >= 0.6 is 0 Å². The fourth-order valence-electron chi connectivity index (χ4n) is 3.88. The zero-order valence-corrected chi connectivity index (χ0v) is 19.8. The number of ether oxygens (including phenoxy) is 1. The highest BCUT2D eigenvalue weighted by Crippen LogP contribution is 2.31. The number of rotatable bonds is 13. The largest absolute Gasteiger partial charge is 0.493 e. The van der Waals surface area contributed by atoms with Gasteiger partial charge in [-0.2, -0.15) is 0 Å². The van der Waals surface area contributed by atoms with Crippen molar-refractivity contribution in [1.29, 1.82) is 0 Å². The third kappa shape index (κ3) is 8.21. The molecule has 33 heavy (non-hydrogen) atoms. The Bertz CT molecular complexity index is 881. The molecule has 6 heteroatoms. The van der Waals surface area contributed by atoms with Gasteiger partial charge in [0.25, 0.3) is 0 Å². The first kappa shape index (κ1) is 24.8. The zero-order valence-electron chi connectivity index (χ0n) is 19.8. The first-order valence-corrected chi connectivity index (χ1v) is 12.1. The third-order valence-electron chi connectivity index (χ3n) is 6.05. The predicted molar refractivity (Wildman–Crippen MR) is 131 cm³/mol. The minimum atomic E-state index is -0.480. The van der Waals surface area contributed by atoms with E-state index in [9.17, 15) is 9.59 Å². The Balaban J connectivity index is 1.63. The van der Waals surface area contributed by atoms with Crippen molar-refractivity contribution in [3.05, 3.63) is 65.7 Å². The Morgan fingerprint density at radius 2 is 1.79 bits per heavy atom. The van der Waals surface area contributed by atoms with Crippen molar-refractivity contribution >= 4 is 11.8 Å². The van der Waals surface area contributed by atoms with Crippen LogP contribution in [0.1, 0.15) is 56.7 Å². The molecule has 0 heterocycles. The number of carbonyl (C=O) groups is 2. The number of hydrogen-bond donors (Lipinski definition) is 3. The Kier molecular flexibility index (Phi) is 9.31. The van der Waals surface area contributed by atoms with E-state index in [4.69, 9.17) is 10.5 Å². The highest BCUT2D eigenvalue weighted by Gasteiger charge is 2.33. The molecule has 1 fully saturated rings. The number of hydrogen-bond acceptors (Lipinski definition) is 4. The van der Waals surface area contributed by atoms with Crippen molar-refractivity contribution in [1.82, 2.24) is 10.6 Å². The molecule has 1 saturated carbocycles. The molecule has 1 aliphatic carbocycles. The van der Waals surface area contributed by atoms with E-state index in [1.54, 1.807) is 0 Å². The van der Waals surface area contributed by atoms with Crippen LogP contribution in [0.5, 0.6) is 5.75 Å². The molecule has 0 spiro atoms. The van der Waals surface area contributed by atoms with E-state index in [1.807, 2.05) is 54.6 Å². The van der Waals surface area contributed by atoms with Crippen molar-refractivity contribution in [2.75, 3.05) is 13.2 Å². The van der Waals surface area contributed by atoms with Gasteiger partial charge in [-0.25, -0.2) is 0 Å². The van der Waals surface area contributed by atoms with Crippen molar-refractivity contribution in [3.8, 4) is 5.75 Å². The highest BCUT2D eigenvalue weighted by molar-refractivity contribution is 5.82. The van der Waals surface area contributed by atoms with Crippen LogP contribution in [0.4, 0.5) is 0 Å². The summed E-state index contributed by atoms with van der Waals surface area (Å²) < 4.78 is 5.90. The molecule has 1 aliphatic rings. The van der Waals surface area contributed by atoms with Gasteiger partial charge >= 0.3 is 0 Å². The Morgan fingerprint density at radius 3 is 2.42 bits per heavy atom. The van der Waals surface area contributed by atoms with Gasteiger partial charge in [0.1, 0.15) is 5.75 Å². The predicted octanol–water partition coefficient (Wildman–Crippen LogP) is 3.76. The minimum Gasteiger partial charge on any atom is -0.493 e. The van der Waals surface area contributed by atoms with Gasteiger partial charge in [0.05, 0.1) is 25.1 Å². The maximum Gasteiger partial charge on any atom is 0.237 e. The fourth-order valence-corrected chi connectivity index (χ4v) is 3.88. The minimum absolute atomic E-state index is 0.0966. The molecule has 6 nitrogen and oxygen atoms in total. The molecule has 3 unspecified atom stereocenters. The summed E-state index contributed by atoms with van der Waals surface area (Å²) in [5, 5.41) is 6.00. The van der Waals surface area contributed by atoms with Crippen molar-refractivity contribution < 1.29 is 14.3 Å². The van der Waals surface area contributed by atoms with Gasteiger partial charge in [-0.15, -0.1) is 0 Å². The molecule has 178 valence electrons. The number of benzene rings is 2. The first-order valence-electron chi connectivity index (χ1n) is 12.1. The topological polar surface area (TPSA) is 93.4 Å². The Morgan fingerprint density at radius 1 is 1.09 bits per heavy atom. The van der Waals surface area contributed by atoms with E-state index in [0.717, 1.165) is 42.6 Å². The summed E-state index contributed by atoms with van der Waals surface area (Å²) in [5.74, 6) is 1.33. The van der Waals surface area contributed by atoms with E-state index in [2.05, 4.69) is 24.5 Å². The quantitative estimate of drug-likeness (QED) is 0.432. The van der Waals surface area contributed by atoms with Crippen LogP contribution in [0, 0.1) is 11.8 Å². The average molecular weight is 452 g/mol. The molecule has 0 aromatic heterocycles. The second-order valence-electron chi connectivity index (χ2n) is 9.16. The number of carbonyl (C=O) groups excluding carboxylic acids is 2. The normalized spacial score (nSPS) is 15.8. The van der Waals surface area contributed by atoms with Crippen LogP contribution in [-0.4, -0.2) is 31.0 Å². The van der Waals surface area contributed by atoms with E-state index in [-0.39, 0.29) is 36.7 Å². The van der Waals surface area contributed by atoms with Gasteiger partial charge in [-0.1, -0.05) is 62.7 Å². The van der Waals surface area contributed by atoms with E-state index < -0.39 is 6.04 Å². The molecule has 3 atom stereocenters. The summed E-state index contributed by atoms with van der Waals surface area (Å²) in [6.07, 6.45) is 4.57. The number of amides is 2. The van der Waals surface area contributed by atoms with Gasteiger partial charge in [0.2, 0.25) is 11.8 Å². The molecular formula is C27H37N3O3. The van der Waals surface area contributed by atoms with Crippen LogP contribution in [0.25, 0.3) is 0 Å². The van der Waals surface area contributed by atoms with Gasteiger partial charge in [0.15, 0.2) is 0 Å². The molecule has 0 saturated heterocycles. The van der Waals surface area contributed by atoms with E-state index in [1.165, 1.54) is 0 Å². The maximum atomic E-state index is 12.7. The molecule has 0 radical (unpaired) electrons. The SMILES string of the molecule is CCCC(C)COc1ccc(C(CNC(=O)C(N)C2CC2)NC(=O)Cc2ccccc2)cc1. The van der Waals surface area contributed by atoms with Crippen LogP contribution in [0.15, 0.2) is 54.6 Å². The lowest BCUT2D eigenvalue weighted by atomic mass is 10.0. The lowest BCUT2D eigenvalue weighted by Crippen LogP contribution is -2.45.